The Morgan fingerprint density at radius 2 is 1.71 bits per heavy atom. The molecule has 1 aromatic carbocycles. The van der Waals surface area contributed by atoms with E-state index in [4.69, 9.17) is 9.26 Å². The van der Waals surface area contributed by atoms with E-state index < -0.39 is 32.0 Å². The average molecular weight is 509 g/mol. The van der Waals surface area contributed by atoms with Gasteiger partial charge in [-0.2, -0.15) is 0 Å². The molecule has 3 saturated heterocycles. The number of nitrogens with zero attached hydrogens (tertiary/aromatic N) is 3. The van der Waals surface area contributed by atoms with Gasteiger partial charge >= 0.3 is 6.09 Å². The van der Waals surface area contributed by atoms with Gasteiger partial charge in [-0.05, 0) is 57.2 Å². The van der Waals surface area contributed by atoms with E-state index in [1.807, 2.05) is 30.3 Å². The molecule has 3 fully saturated rings. The molecule has 3 aliphatic heterocycles. The summed E-state index contributed by atoms with van der Waals surface area (Å²) in [5.74, 6) is -0.647. The van der Waals surface area contributed by atoms with Crippen molar-refractivity contribution in [3.63, 3.8) is 0 Å². The second-order valence-electron chi connectivity index (χ2n) is 9.51. The lowest BCUT2D eigenvalue weighted by Gasteiger charge is -2.39. The van der Waals surface area contributed by atoms with Gasteiger partial charge in [0.15, 0.2) is 0 Å². The minimum atomic E-state index is -3.78. The van der Waals surface area contributed by atoms with Crippen molar-refractivity contribution >= 4 is 19.5 Å². The number of nitrogens with one attached hydrogen (secondary N) is 1. The first kappa shape index (κ1) is 26.1. The second kappa shape index (κ2) is 12.3. The number of rotatable bonds is 8. The van der Waals surface area contributed by atoms with Crippen molar-refractivity contribution in [2.75, 3.05) is 39.5 Å². The highest BCUT2D eigenvalue weighted by molar-refractivity contribution is 7.58. The Kier molecular flexibility index (Phi) is 9.19. The Morgan fingerprint density at radius 3 is 2.43 bits per heavy atom. The third-order valence-corrected chi connectivity index (χ3v) is 9.59. The molecule has 2 N–H and O–H groups in total. The number of hydrogen-bond acceptors (Lipinski definition) is 7. The van der Waals surface area contributed by atoms with E-state index in [2.05, 4.69) is 9.99 Å². The first-order chi connectivity index (χ1) is 17.0. The van der Waals surface area contributed by atoms with Gasteiger partial charge < -0.3 is 14.5 Å². The number of amides is 2. The maximum absolute atomic E-state index is 13.8. The fraction of sp³-hybridized carbons (Fsp3) is 0.667. The SMILES string of the molecule is O=C1C(P(=O)(NCc2ccccc2)OCOC(=O)N2CCC(N3CCCCC3)CC2)CCCN1O. The minimum Gasteiger partial charge on any atom is -0.422 e. The number of carbonyl (C=O) groups excluding carboxylic acids is 2. The highest BCUT2D eigenvalue weighted by Gasteiger charge is 2.44. The van der Waals surface area contributed by atoms with Crippen molar-refractivity contribution in [3.8, 4) is 0 Å². The molecule has 0 saturated carbocycles. The predicted octanol–water partition coefficient (Wildman–Crippen LogP) is 3.41. The molecule has 3 aliphatic rings. The lowest BCUT2D eigenvalue weighted by molar-refractivity contribution is -0.169. The van der Waals surface area contributed by atoms with E-state index in [1.54, 1.807) is 4.90 Å². The molecule has 35 heavy (non-hydrogen) atoms. The summed E-state index contributed by atoms with van der Waals surface area (Å²) in [6, 6.07) is 9.85. The molecule has 11 heteroatoms. The van der Waals surface area contributed by atoms with E-state index in [-0.39, 0.29) is 13.1 Å². The zero-order chi connectivity index (χ0) is 24.7. The van der Waals surface area contributed by atoms with Crippen LogP contribution in [0.4, 0.5) is 4.79 Å². The largest absolute Gasteiger partial charge is 0.422 e. The molecule has 2 amide bonds. The van der Waals surface area contributed by atoms with E-state index in [1.165, 1.54) is 19.3 Å². The quantitative estimate of drug-likeness (QED) is 0.312. The Labute approximate surface area is 207 Å². The van der Waals surface area contributed by atoms with Crippen LogP contribution in [-0.2, 0) is 25.2 Å². The summed E-state index contributed by atoms with van der Waals surface area (Å²) in [4.78, 5) is 29.4. The van der Waals surface area contributed by atoms with Crippen LogP contribution in [0.5, 0.6) is 0 Å². The Bertz CT molecular complexity index is 889. The highest BCUT2D eigenvalue weighted by Crippen LogP contribution is 2.51. The van der Waals surface area contributed by atoms with Crippen LogP contribution in [0.1, 0.15) is 50.5 Å². The molecule has 10 nitrogen and oxygen atoms in total. The second-order valence-corrected chi connectivity index (χ2v) is 11.9. The van der Waals surface area contributed by atoms with Crippen LogP contribution in [0.25, 0.3) is 0 Å². The van der Waals surface area contributed by atoms with Crippen LogP contribution in [-0.4, -0.2) is 83.3 Å². The number of piperidine rings is 3. The number of hydroxylamine groups is 2. The van der Waals surface area contributed by atoms with Gasteiger partial charge in [-0.25, -0.2) is 14.9 Å². The molecule has 2 unspecified atom stereocenters. The van der Waals surface area contributed by atoms with Crippen LogP contribution in [0.2, 0.25) is 0 Å². The summed E-state index contributed by atoms with van der Waals surface area (Å²) in [5, 5.41) is 13.4. The third-order valence-electron chi connectivity index (χ3n) is 7.20. The molecule has 0 aromatic heterocycles. The summed E-state index contributed by atoms with van der Waals surface area (Å²) >= 11 is 0. The van der Waals surface area contributed by atoms with Gasteiger partial charge in [-0.15, -0.1) is 0 Å². The summed E-state index contributed by atoms with van der Waals surface area (Å²) in [5.41, 5.74) is -0.169. The monoisotopic (exact) mass is 508 g/mol. The smallest absolute Gasteiger partial charge is 0.411 e. The van der Waals surface area contributed by atoms with Gasteiger partial charge in [0, 0.05) is 32.2 Å². The van der Waals surface area contributed by atoms with Gasteiger partial charge in [0.1, 0.15) is 5.66 Å². The van der Waals surface area contributed by atoms with Crippen LogP contribution in [0.15, 0.2) is 30.3 Å². The molecular formula is C24H37N4O6P. The van der Waals surface area contributed by atoms with Crippen molar-refractivity contribution in [1.82, 2.24) is 20.0 Å². The van der Waals surface area contributed by atoms with Crippen molar-refractivity contribution in [2.24, 2.45) is 0 Å². The molecular weight excluding hydrogens is 471 g/mol. The van der Waals surface area contributed by atoms with E-state index in [0.29, 0.717) is 37.0 Å². The summed E-state index contributed by atoms with van der Waals surface area (Å²) in [6.07, 6.45) is 5.92. The lowest BCUT2D eigenvalue weighted by atomic mass is 10.0. The van der Waals surface area contributed by atoms with Gasteiger partial charge in [-0.3, -0.25) is 19.1 Å². The molecule has 0 radical (unpaired) electrons. The molecule has 2 atom stereocenters. The molecule has 194 valence electrons. The zero-order valence-electron chi connectivity index (χ0n) is 20.2. The Morgan fingerprint density at radius 1 is 1.00 bits per heavy atom. The standard InChI is InChI=1S/C24H37N4O6P/c29-23-22(10-7-15-28(23)31)35(32,25-18-20-8-3-1-4-9-20)34-19-33-24(30)27-16-11-21(12-17-27)26-13-5-2-6-14-26/h1,3-4,8-9,21-22,31H,2,5-7,10-19H2,(H,25,32). The van der Waals surface area contributed by atoms with Crippen LogP contribution < -0.4 is 5.09 Å². The number of benzene rings is 1. The molecule has 0 bridgehead atoms. The minimum absolute atomic E-state index is 0.191. The molecule has 3 heterocycles. The number of hydrogen-bond donors (Lipinski definition) is 2. The maximum atomic E-state index is 13.8. The van der Waals surface area contributed by atoms with Crippen LogP contribution in [0, 0.1) is 0 Å². The highest BCUT2D eigenvalue weighted by atomic mass is 31.2. The maximum Gasteiger partial charge on any atom is 0.411 e. The lowest BCUT2D eigenvalue weighted by Crippen LogP contribution is -2.48. The number of carbonyl (C=O) groups is 2. The van der Waals surface area contributed by atoms with Gasteiger partial charge in [0.25, 0.3) is 13.4 Å². The molecule has 4 rings (SSSR count). The van der Waals surface area contributed by atoms with Crippen molar-refractivity contribution in [1.29, 1.82) is 0 Å². The Hall–Kier alpha value is -1.97. The number of ether oxygens (including phenoxy) is 1. The van der Waals surface area contributed by atoms with E-state index >= 15 is 0 Å². The summed E-state index contributed by atoms with van der Waals surface area (Å²) < 4.78 is 24.7. The van der Waals surface area contributed by atoms with E-state index in [0.717, 1.165) is 31.5 Å². The summed E-state index contributed by atoms with van der Waals surface area (Å²) in [7, 11) is -3.78. The van der Waals surface area contributed by atoms with Gasteiger partial charge in [0.05, 0.1) is 0 Å². The normalized spacial score (nSPS) is 24.3. The molecule has 0 aliphatic carbocycles. The van der Waals surface area contributed by atoms with Crippen LogP contribution in [0.3, 0.4) is 0 Å². The Balaban J connectivity index is 1.30. The van der Waals surface area contributed by atoms with E-state index in [9.17, 15) is 19.4 Å². The topological polar surface area (TPSA) is 112 Å². The zero-order valence-corrected chi connectivity index (χ0v) is 21.1. The molecule has 0 spiro atoms. The third kappa shape index (κ3) is 6.83. The predicted molar refractivity (Wildman–Crippen MR) is 130 cm³/mol. The fourth-order valence-electron chi connectivity index (χ4n) is 5.14. The van der Waals surface area contributed by atoms with Gasteiger partial charge in [0.2, 0.25) is 6.79 Å². The van der Waals surface area contributed by atoms with Crippen LogP contribution >= 0.6 is 7.52 Å². The molecule has 1 aromatic rings. The average Bonchev–Trinajstić information content (AvgIpc) is 2.90. The first-order valence-electron chi connectivity index (χ1n) is 12.7. The van der Waals surface area contributed by atoms with Crippen molar-refractivity contribution in [3.05, 3.63) is 35.9 Å². The number of likely N-dealkylation sites (tertiary alicyclic amines) is 2. The fourth-order valence-corrected chi connectivity index (χ4v) is 7.19. The van der Waals surface area contributed by atoms with Gasteiger partial charge in [-0.1, -0.05) is 36.8 Å². The van der Waals surface area contributed by atoms with Crippen molar-refractivity contribution < 1.29 is 28.6 Å². The van der Waals surface area contributed by atoms with Crippen molar-refractivity contribution in [2.45, 2.75) is 63.2 Å². The first-order valence-corrected chi connectivity index (χ1v) is 14.3. The summed E-state index contributed by atoms with van der Waals surface area (Å²) in [6.45, 7) is 3.38.